The van der Waals surface area contributed by atoms with Crippen LogP contribution < -0.4 is 10.1 Å². The van der Waals surface area contributed by atoms with Gasteiger partial charge in [0.15, 0.2) is 0 Å². The molecule has 30 heavy (non-hydrogen) atoms. The number of likely N-dealkylation sites (tertiary alicyclic amines) is 1. The molecule has 0 saturated carbocycles. The maximum Gasteiger partial charge on any atom is 0.243 e. The van der Waals surface area contributed by atoms with Gasteiger partial charge in [0.05, 0.1) is 25.9 Å². The average Bonchev–Trinajstić information content (AvgIpc) is 3.40. The smallest absolute Gasteiger partial charge is 0.243 e. The highest BCUT2D eigenvalue weighted by Gasteiger charge is 2.36. The Kier molecular flexibility index (Phi) is 6.09. The number of carbonyl (C=O) groups is 2. The highest BCUT2D eigenvalue weighted by Crippen LogP contribution is 2.26. The fourth-order valence-electron chi connectivity index (χ4n) is 3.62. The third-order valence-electron chi connectivity index (χ3n) is 5.18. The normalized spacial score (nSPS) is 16.0. The van der Waals surface area contributed by atoms with Gasteiger partial charge in [-0.1, -0.05) is 48.5 Å². The van der Waals surface area contributed by atoms with Gasteiger partial charge in [-0.25, -0.2) is 4.98 Å². The molecule has 1 fully saturated rings. The van der Waals surface area contributed by atoms with Crippen molar-refractivity contribution >= 4 is 23.2 Å². The molecule has 2 heterocycles. The number of hydrogen-bond donors (Lipinski definition) is 1. The van der Waals surface area contributed by atoms with Crippen molar-refractivity contribution in [2.75, 3.05) is 7.11 Å². The minimum atomic E-state index is -0.477. The quantitative estimate of drug-likeness (QED) is 0.632. The zero-order chi connectivity index (χ0) is 20.9. The van der Waals surface area contributed by atoms with Crippen LogP contribution in [0.25, 0.3) is 10.6 Å². The molecule has 1 aliphatic rings. The number of carbonyl (C=O) groups excluding carboxylic acids is 2. The van der Waals surface area contributed by atoms with E-state index in [4.69, 9.17) is 4.74 Å². The van der Waals surface area contributed by atoms with Gasteiger partial charge in [-0.3, -0.25) is 9.59 Å². The lowest BCUT2D eigenvalue weighted by molar-refractivity contribution is -0.135. The summed E-state index contributed by atoms with van der Waals surface area (Å²) in [6, 6.07) is 17.0. The Labute approximate surface area is 179 Å². The highest BCUT2D eigenvalue weighted by molar-refractivity contribution is 7.13. The third kappa shape index (κ3) is 4.36. The van der Waals surface area contributed by atoms with Gasteiger partial charge in [-0.15, -0.1) is 11.3 Å². The molecule has 0 spiro atoms. The van der Waals surface area contributed by atoms with Crippen LogP contribution in [-0.2, 0) is 22.7 Å². The number of para-hydroxylation sites is 1. The molecule has 1 aromatic heterocycles. The van der Waals surface area contributed by atoms with Crippen molar-refractivity contribution in [1.82, 2.24) is 15.2 Å². The highest BCUT2D eigenvalue weighted by atomic mass is 32.1. The molecule has 2 aromatic carbocycles. The molecule has 4 rings (SSSR count). The van der Waals surface area contributed by atoms with Crippen LogP contribution in [-0.4, -0.2) is 34.8 Å². The Morgan fingerprint density at radius 2 is 1.97 bits per heavy atom. The van der Waals surface area contributed by atoms with E-state index in [1.807, 2.05) is 60.0 Å². The van der Waals surface area contributed by atoms with Gasteiger partial charge in [-0.2, -0.15) is 0 Å². The fraction of sp³-hybridized carbons (Fsp3) is 0.261. The van der Waals surface area contributed by atoms with Crippen LogP contribution in [0.2, 0.25) is 0 Å². The van der Waals surface area contributed by atoms with Crippen molar-refractivity contribution in [2.45, 2.75) is 32.0 Å². The summed E-state index contributed by atoms with van der Waals surface area (Å²) in [5, 5.41) is 5.83. The lowest BCUT2D eigenvalue weighted by atomic mass is 10.1. The van der Waals surface area contributed by atoms with Crippen LogP contribution in [0.1, 0.15) is 24.1 Å². The molecule has 1 unspecified atom stereocenters. The second-order valence-electron chi connectivity index (χ2n) is 7.12. The molecule has 1 saturated heterocycles. The molecule has 0 aliphatic carbocycles. The SMILES string of the molecule is COc1ccccc1CN1C(=O)CCC1C(=O)NCc1csc(-c2ccccc2)n1. The first-order valence-electron chi connectivity index (χ1n) is 9.84. The molecule has 0 bridgehead atoms. The molecule has 154 valence electrons. The Balaban J connectivity index is 1.40. The number of aromatic nitrogens is 1. The largest absolute Gasteiger partial charge is 0.496 e. The molecule has 1 N–H and O–H groups in total. The summed E-state index contributed by atoms with van der Waals surface area (Å²) in [7, 11) is 1.60. The van der Waals surface area contributed by atoms with E-state index in [9.17, 15) is 9.59 Å². The van der Waals surface area contributed by atoms with Gasteiger partial charge in [0.2, 0.25) is 11.8 Å². The standard InChI is InChI=1S/C23H23N3O3S/c1-29-20-10-6-5-9-17(20)14-26-19(11-12-21(26)27)22(28)24-13-18-15-30-23(25-18)16-7-3-2-4-8-16/h2-10,15,19H,11-14H2,1H3,(H,24,28). The number of benzene rings is 2. The molecule has 1 atom stereocenters. The lowest BCUT2D eigenvalue weighted by Gasteiger charge is -2.24. The van der Waals surface area contributed by atoms with Crippen molar-refractivity contribution in [2.24, 2.45) is 0 Å². The number of rotatable bonds is 7. The summed E-state index contributed by atoms with van der Waals surface area (Å²) >= 11 is 1.55. The number of ether oxygens (including phenoxy) is 1. The molecular weight excluding hydrogens is 398 g/mol. The number of nitrogens with zero attached hydrogens (tertiary/aromatic N) is 2. The van der Waals surface area contributed by atoms with Crippen molar-refractivity contribution < 1.29 is 14.3 Å². The summed E-state index contributed by atoms with van der Waals surface area (Å²) in [4.78, 5) is 31.5. The van der Waals surface area contributed by atoms with Gasteiger partial charge in [0.25, 0.3) is 0 Å². The number of amides is 2. The van der Waals surface area contributed by atoms with Crippen molar-refractivity contribution in [3.63, 3.8) is 0 Å². The first-order valence-corrected chi connectivity index (χ1v) is 10.7. The van der Waals surface area contributed by atoms with E-state index in [-0.39, 0.29) is 11.8 Å². The number of thiazole rings is 1. The Morgan fingerprint density at radius 3 is 2.77 bits per heavy atom. The molecule has 2 amide bonds. The predicted octanol–water partition coefficient (Wildman–Crippen LogP) is 3.63. The van der Waals surface area contributed by atoms with Crippen molar-refractivity contribution in [3.8, 4) is 16.3 Å². The van der Waals surface area contributed by atoms with Gasteiger partial charge in [-0.05, 0) is 12.5 Å². The van der Waals surface area contributed by atoms with Gasteiger partial charge in [0, 0.05) is 22.9 Å². The van der Waals surface area contributed by atoms with E-state index >= 15 is 0 Å². The minimum Gasteiger partial charge on any atom is -0.496 e. The number of methoxy groups -OCH3 is 1. The van der Waals surface area contributed by atoms with Gasteiger partial charge in [0.1, 0.15) is 16.8 Å². The molecule has 7 heteroatoms. The average molecular weight is 422 g/mol. The summed E-state index contributed by atoms with van der Waals surface area (Å²) in [6.07, 6.45) is 0.897. The maximum atomic E-state index is 12.8. The van der Waals surface area contributed by atoms with Crippen LogP contribution >= 0.6 is 11.3 Å². The molecule has 1 aliphatic heterocycles. The third-order valence-corrected chi connectivity index (χ3v) is 6.12. The summed E-state index contributed by atoms with van der Waals surface area (Å²) in [6.45, 7) is 0.700. The van der Waals surface area contributed by atoms with E-state index < -0.39 is 6.04 Å². The van der Waals surface area contributed by atoms with Crippen LogP contribution in [0.3, 0.4) is 0 Å². The fourth-order valence-corrected chi connectivity index (χ4v) is 4.44. The molecule has 0 radical (unpaired) electrons. The van der Waals surface area contributed by atoms with E-state index in [2.05, 4.69) is 10.3 Å². The van der Waals surface area contributed by atoms with E-state index in [0.29, 0.717) is 31.7 Å². The Morgan fingerprint density at radius 1 is 1.20 bits per heavy atom. The van der Waals surface area contributed by atoms with Crippen molar-refractivity contribution in [1.29, 1.82) is 0 Å². The van der Waals surface area contributed by atoms with E-state index in [1.54, 1.807) is 23.3 Å². The molecular formula is C23H23N3O3S. The first-order chi connectivity index (χ1) is 14.7. The zero-order valence-corrected chi connectivity index (χ0v) is 17.5. The topological polar surface area (TPSA) is 71.5 Å². The summed E-state index contributed by atoms with van der Waals surface area (Å²) in [5.74, 6) is 0.554. The maximum absolute atomic E-state index is 12.8. The van der Waals surface area contributed by atoms with Crippen LogP contribution in [0.4, 0.5) is 0 Å². The van der Waals surface area contributed by atoms with Crippen LogP contribution in [0, 0.1) is 0 Å². The molecule has 3 aromatic rings. The minimum absolute atomic E-state index is 0.0129. The molecule has 6 nitrogen and oxygen atoms in total. The summed E-state index contributed by atoms with van der Waals surface area (Å²) in [5.41, 5.74) is 2.76. The second kappa shape index (κ2) is 9.09. The van der Waals surface area contributed by atoms with E-state index in [1.165, 1.54) is 0 Å². The Bertz CT molecular complexity index is 1030. The van der Waals surface area contributed by atoms with Crippen LogP contribution in [0.5, 0.6) is 5.75 Å². The second-order valence-corrected chi connectivity index (χ2v) is 7.97. The zero-order valence-electron chi connectivity index (χ0n) is 16.7. The van der Waals surface area contributed by atoms with Gasteiger partial charge < -0.3 is 15.0 Å². The Hall–Kier alpha value is -3.19. The van der Waals surface area contributed by atoms with Gasteiger partial charge >= 0.3 is 0 Å². The van der Waals surface area contributed by atoms with Crippen molar-refractivity contribution in [3.05, 3.63) is 71.2 Å². The van der Waals surface area contributed by atoms with Crippen LogP contribution in [0.15, 0.2) is 60.0 Å². The predicted molar refractivity (Wildman–Crippen MR) is 116 cm³/mol. The first kappa shape index (κ1) is 20.1. The number of hydrogen-bond acceptors (Lipinski definition) is 5. The number of nitrogens with one attached hydrogen (secondary N) is 1. The van der Waals surface area contributed by atoms with E-state index in [0.717, 1.165) is 21.8 Å². The summed E-state index contributed by atoms with van der Waals surface area (Å²) < 4.78 is 5.39. The monoisotopic (exact) mass is 421 g/mol. The lowest BCUT2D eigenvalue weighted by Crippen LogP contribution is -2.44.